The number of aryl methyl sites for hydroxylation is 1. The normalized spacial score (nSPS) is 19.7. The Balaban J connectivity index is 1.22. The molecule has 4 aromatic rings. The fourth-order valence-electron chi connectivity index (χ4n) is 6.50. The first-order chi connectivity index (χ1) is 19.8. The van der Waals surface area contributed by atoms with E-state index >= 15 is 0 Å². The van der Waals surface area contributed by atoms with Crippen LogP contribution in [0, 0.1) is 0 Å². The van der Waals surface area contributed by atoms with Crippen molar-refractivity contribution >= 4 is 22.5 Å². The average Bonchev–Trinajstić information content (AvgIpc) is 3.40. The van der Waals surface area contributed by atoms with Crippen LogP contribution in [-0.4, -0.2) is 52.4 Å². The Kier molecular flexibility index (Phi) is 8.01. The predicted octanol–water partition coefficient (Wildman–Crippen LogP) is 7.06. The zero-order valence-corrected chi connectivity index (χ0v) is 23.5. The van der Waals surface area contributed by atoms with Gasteiger partial charge in [0.25, 0.3) is 0 Å². The number of rotatable bonds is 9. The van der Waals surface area contributed by atoms with E-state index in [-0.39, 0.29) is 5.75 Å². The largest absolute Gasteiger partial charge is 0.573 e. The van der Waals surface area contributed by atoms with Gasteiger partial charge in [-0.15, -0.1) is 13.2 Å². The lowest BCUT2D eigenvalue weighted by atomic mass is 10.0. The summed E-state index contributed by atoms with van der Waals surface area (Å²) in [5.74, 6) is -0.225. The Morgan fingerprint density at radius 1 is 0.927 bits per heavy atom. The highest BCUT2D eigenvalue weighted by atomic mass is 35.5. The molecule has 216 valence electrons. The maximum atomic E-state index is 12.7. The van der Waals surface area contributed by atoms with Gasteiger partial charge >= 0.3 is 6.36 Å². The topological polar surface area (TPSA) is 46.7 Å². The Morgan fingerprint density at radius 3 is 2.34 bits per heavy atom. The fraction of sp³-hybridized carbons (Fsp3) is 0.375. The number of aromatic nitrogens is 1. The van der Waals surface area contributed by atoms with Crippen LogP contribution < -0.4 is 10.5 Å². The SMILES string of the molecule is NCCCn1cc(-c2ccc(OC(F)(F)F)cc2)c2cc(CN3CC4CCC(C3)N4Cc3ccccc3Cl)ccc21. The second kappa shape index (κ2) is 11.7. The molecular formula is C32H34ClF3N4O. The van der Waals surface area contributed by atoms with Gasteiger partial charge in [0.05, 0.1) is 0 Å². The highest BCUT2D eigenvalue weighted by molar-refractivity contribution is 6.31. The number of alkyl halides is 3. The van der Waals surface area contributed by atoms with Crippen LogP contribution in [0.3, 0.4) is 0 Å². The smallest absolute Gasteiger partial charge is 0.406 e. The minimum absolute atomic E-state index is 0.225. The second-order valence-electron chi connectivity index (χ2n) is 11.1. The van der Waals surface area contributed by atoms with Crippen molar-refractivity contribution in [3.05, 3.63) is 89.1 Å². The summed E-state index contributed by atoms with van der Waals surface area (Å²) < 4.78 is 44.3. The first-order valence-electron chi connectivity index (χ1n) is 14.2. The van der Waals surface area contributed by atoms with Crippen molar-refractivity contribution < 1.29 is 17.9 Å². The average molecular weight is 583 g/mol. The molecule has 6 rings (SSSR count). The van der Waals surface area contributed by atoms with Crippen LogP contribution in [0.25, 0.3) is 22.0 Å². The van der Waals surface area contributed by atoms with Gasteiger partial charge in [0.15, 0.2) is 0 Å². The predicted molar refractivity (Wildman–Crippen MR) is 157 cm³/mol. The molecule has 2 fully saturated rings. The molecule has 2 atom stereocenters. The minimum atomic E-state index is -4.71. The summed E-state index contributed by atoms with van der Waals surface area (Å²) in [5.41, 5.74) is 11.1. The summed E-state index contributed by atoms with van der Waals surface area (Å²) in [5, 5.41) is 1.92. The summed E-state index contributed by atoms with van der Waals surface area (Å²) in [6, 6.07) is 21.9. The molecule has 0 saturated carbocycles. The van der Waals surface area contributed by atoms with Gasteiger partial charge in [0.2, 0.25) is 0 Å². The third-order valence-electron chi connectivity index (χ3n) is 8.37. The van der Waals surface area contributed by atoms with Gasteiger partial charge in [0, 0.05) is 72.5 Å². The number of fused-ring (bicyclic) bond motifs is 3. The van der Waals surface area contributed by atoms with Gasteiger partial charge in [-0.1, -0.05) is 48.0 Å². The van der Waals surface area contributed by atoms with E-state index in [2.05, 4.69) is 55.6 Å². The number of halogens is 4. The number of ether oxygens (including phenoxy) is 1. The van der Waals surface area contributed by atoms with Crippen molar-refractivity contribution in [3.8, 4) is 16.9 Å². The summed E-state index contributed by atoms with van der Waals surface area (Å²) in [6.45, 7) is 5.14. The van der Waals surface area contributed by atoms with Crippen LogP contribution in [0.5, 0.6) is 5.75 Å². The van der Waals surface area contributed by atoms with E-state index in [0.717, 1.165) is 66.2 Å². The Hall–Kier alpha value is -3.04. The summed E-state index contributed by atoms with van der Waals surface area (Å²) in [4.78, 5) is 5.18. The molecule has 2 aliphatic rings. The minimum Gasteiger partial charge on any atom is -0.406 e. The van der Waals surface area contributed by atoms with Gasteiger partial charge in [-0.2, -0.15) is 0 Å². The van der Waals surface area contributed by atoms with Crippen LogP contribution in [0.2, 0.25) is 5.02 Å². The number of nitrogens with zero attached hydrogens (tertiary/aromatic N) is 3. The van der Waals surface area contributed by atoms with Crippen LogP contribution in [0.1, 0.15) is 30.4 Å². The second-order valence-corrected chi connectivity index (χ2v) is 11.6. The standard InChI is InChI=1S/C32H34ClF3N4O/c33-30-5-2-1-4-24(30)18-40-25-9-10-26(40)20-38(19-25)17-22-6-13-31-28(16-22)29(21-39(31)15-3-14-37)23-7-11-27(12-8-23)41-32(34,35)36/h1-2,4-8,11-13,16,21,25-26H,3,9-10,14-15,17-20,37H2. The number of hydrogen-bond acceptors (Lipinski definition) is 4. The van der Waals surface area contributed by atoms with Gasteiger partial charge in [-0.3, -0.25) is 9.80 Å². The molecule has 2 unspecified atom stereocenters. The van der Waals surface area contributed by atoms with Crippen molar-refractivity contribution in [1.82, 2.24) is 14.4 Å². The van der Waals surface area contributed by atoms with Crippen LogP contribution in [0.15, 0.2) is 72.9 Å². The lowest BCUT2D eigenvalue weighted by Crippen LogP contribution is -2.52. The van der Waals surface area contributed by atoms with Gasteiger partial charge in [-0.05, 0) is 72.8 Å². The lowest BCUT2D eigenvalue weighted by molar-refractivity contribution is -0.274. The first kappa shape index (κ1) is 28.1. The first-order valence-corrected chi connectivity index (χ1v) is 14.5. The summed E-state index contributed by atoms with van der Waals surface area (Å²) in [7, 11) is 0. The summed E-state index contributed by atoms with van der Waals surface area (Å²) >= 11 is 6.47. The molecule has 2 N–H and O–H groups in total. The van der Waals surface area contributed by atoms with Crippen LogP contribution >= 0.6 is 11.6 Å². The zero-order valence-electron chi connectivity index (χ0n) is 22.8. The van der Waals surface area contributed by atoms with E-state index in [1.165, 1.54) is 36.1 Å². The van der Waals surface area contributed by atoms with Crippen molar-refractivity contribution in [2.45, 2.75) is 57.3 Å². The Labute approximate surface area is 243 Å². The Morgan fingerprint density at radius 2 is 1.66 bits per heavy atom. The third-order valence-corrected chi connectivity index (χ3v) is 8.74. The molecular weight excluding hydrogens is 549 g/mol. The van der Waals surface area contributed by atoms with E-state index in [4.69, 9.17) is 17.3 Å². The summed E-state index contributed by atoms with van der Waals surface area (Å²) in [6.07, 6.45) is 0.607. The molecule has 0 spiro atoms. The zero-order chi connectivity index (χ0) is 28.6. The monoisotopic (exact) mass is 582 g/mol. The van der Waals surface area contributed by atoms with E-state index in [1.807, 2.05) is 12.1 Å². The molecule has 1 aromatic heterocycles. The van der Waals surface area contributed by atoms with Crippen LogP contribution in [0.4, 0.5) is 13.2 Å². The van der Waals surface area contributed by atoms with Crippen molar-refractivity contribution in [3.63, 3.8) is 0 Å². The fourth-order valence-corrected chi connectivity index (χ4v) is 6.70. The van der Waals surface area contributed by atoms with Crippen LogP contribution in [-0.2, 0) is 19.6 Å². The number of likely N-dealkylation sites (tertiary alicyclic amines) is 1. The third kappa shape index (κ3) is 6.26. The highest BCUT2D eigenvalue weighted by Gasteiger charge is 2.39. The highest BCUT2D eigenvalue weighted by Crippen LogP contribution is 2.36. The Bertz CT molecular complexity index is 1490. The number of piperazine rings is 1. The van der Waals surface area contributed by atoms with Gasteiger partial charge in [-0.25, -0.2) is 0 Å². The van der Waals surface area contributed by atoms with E-state index in [9.17, 15) is 13.2 Å². The molecule has 5 nitrogen and oxygen atoms in total. The van der Waals surface area contributed by atoms with E-state index in [0.29, 0.717) is 18.6 Å². The van der Waals surface area contributed by atoms with Gasteiger partial charge < -0.3 is 15.0 Å². The molecule has 0 radical (unpaired) electrons. The maximum absolute atomic E-state index is 12.7. The number of nitrogens with two attached hydrogens (primary N) is 1. The van der Waals surface area contributed by atoms with Crippen molar-refractivity contribution in [1.29, 1.82) is 0 Å². The molecule has 0 aliphatic carbocycles. The molecule has 3 heterocycles. The molecule has 2 saturated heterocycles. The molecule has 41 heavy (non-hydrogen) atoms. The quantitative estimate of drug-likeness (QED) is 0.230. The van der Waals surface area contributed by atoms with Crippen molar-refractivity contribution in [2.75, 3.05) is 19.6 Å². The van der Waals surface area contributed by atoms with E-state index < -0.39 is 6.36 Å². The number of benzene rings is 3. The molecule has 3 aromatic carbocycles. The molecule has 2 aliphatic heterocycles. The number of hydrogen-bond donors (Lipinski definition) is 1. The van der Waals surface area contributed by atoms with Crippen molar-refractivity contribution in [2.24, 2.45) is 5.73 Å². The molecule has 2 bridgehead atoms. The maximum Gasteiger partial charge on any atom is 0.573 e. The van der Waals surface area contributed by atoms with Gasteiger partial charge in [0.1, 0.15) is 5.75 Å². The molecule has 9 heteroatoms. The lowest BCUT2D eigenvalue weighted by Gasteiger charge is -2.41. The van der Waals surface area contributed by atoms with E-state index in [1.54, 1.807) is 12.1 Å². The molecule has 0 amide bonds.